The zero-order valence-corrected chi connectivity index (χ0v) is 47.0. The molecule has 2 aromatic carbocycles. The quantitative estimate of drug-likeness (QED) is 0.103. The van der Waals surface area contributed by atoms with Crippen LogP contribution in [-0.2, 0) is 4.74 Å². The second-order valence-corrected chi connectivity index (χ2v) is 34.4. The molecular formula is C55H79F3N6O5Si2. The summed E-state index contributed by atoms with van der Waals surface area (Å²) < 4.78 is 69.9. The summed E-state index contributed by atoms with van der Waals surface area (Å²) in [5.41, 5.74) is 3.98. The van der Waals surface area contributed by atoms with Crippen molar-refractivity contribution < 1.29 is 37.0 Å². The minimum Gasteiger partial charge on any atom is -0.543 e. The molecule has 5 heterocycles. The number of aliphatic hydroxyl groups is 1. The molecule has 16 heteroatoms. The molecule has 4 aromatic rings. The number of alkyl halides is 1. The number of pyridine rings is 1. The van der Waals surface area contributed by atoms with Crippen molar-refractivity contribution in [1.82, 2.24) is 24.9 Å². The van der Waals surface area contributed by atoms with Crippen LogP contribution in [0.15, 0.2) is 30.5 Å². The molecule has 1 unspecified atom stereocenters. The van der Waals surface area contributed by atoms with Gasteiger partial charge in [0.15, 0.2) is 11.6 Å². The first-order chi connectivity index (χ1) is 33.3. The Morgan fingerprint density at radius 1 is 0.901 bits per heavy atom. The third kappa shape index (κ3) is 10.4. The van der Waals surface area contributed by atoms with E-state index in [4.69, 9.17) is 28.9 Å². The molecule has 0 radical (unpaired) electrons. The second-order valence-electron chi connectivity index (χ2n) is 23.4. The highest BCUT2D eigenvalue weighted by Crippen LogP contribution is 2.47. The molecule has 2 aromatic heterocycles. The molecule has 1 N–H and O–H groups in total. The number of hydrogen-bond donors (Lipinski definition) is 1. The Morgan fingerprint density at radius 2 is 1.56 bits per heavy atom. The first kappa shape index (κ1) is 54.3. The Balaban J connectivity index is 1.52. The Kier molecular flexibility index (Phi) is 15.9. The summed E-state index contributed by atoms with van der Waals surface area (Å²) in [4.78, 5) is 30.7. The Hall–Kier alpha value is -4.44. The zero-order valence-electron chi connectivity index (χ0n) is 45.0. The van der Waals surface area contributed by atoms with E-state index in [0.717, 1.165) is 19.4 Å². The van der Waals surface area contributed by atoms with Gasteiger partial charge in [0.05, 0.1) is 29.1 Å². The normalized spacial score (nSPS) is 20.5. The van der Waals surface area contributed by atoms with Crippen molar-refractivity contribution in [3.63, 3.8) is 0 Å². The van der Waals surface area contributed by atoms with Gasteiger partial charge in [-0.3, -0.25) is 14.9 Å². The monoisotopic (exact) mass is 1020 g/mol. The number of anilines is 1. The Labute approximate surface area is 422 Å². The molecule has 0 aliphatic carbocycles. The predicted molar refractivity (Wildman–Crippen MR) is 284 cm³/mol. The van der Waals surface area contributed by atoms with Crippen LogP contribution in [0, 0.1) is 23.1 Å². The van der Waals surface area contributed by atoms with Crippen LogP contribution in [0.2, 0.25) is 33.2 Å². The number of carbonyl (C=O) groups is 1. The van der Waals surface area contributed by atoms with E-state index in [1.165, 1.54) is 17.3 Å². The summed E-state index contributed by atoms with van der Waals surface area (Å²) in [6, 6.07) is 6.69. The Morgan fingerprint density at radius 3 is 2.18 bits per heavy atom. The van der Waals surface area contributed by atoms with Crippen molar-refractivity contribution in [3.8, 4) is 34.5 Å². The standard InChI is InChI=1S/C55H79F3N6O5Si2/c1-33(2)70(34(3)4,35(5)6)25-21-43-46(57)20-19-39-26-42(69-71(36(7)8,37(9)10)38(11)12)27-44(47(39)43)49-48(58)50-45(29-59-49)51(63-24-16-18-41(65)31-64(63)53(66)68-54(13,14)15)61-52(60-50)67-32-55-22-17-23-62(55)30-40(56)28-55/h19-20,26-27,29,33-38,40-41,65H,16-18,22-24,28,30-32H2,1-15H3/t40-,41?,55+/m1/s1. The van der Waals surface area contributed by atoms with Gasteiger partial charge in [-0.25, -0.2) is 23.0 Å². The second kappa shape index (κ2) is 20.8. The maximum atomic E-state index is 18.4. The maximum absolute atomic E-state index is 18.4. The van der Waals surface area contributed by atoms with E-state index in [2.05, 4.69) is 99.4 Å². The maximum Gasteiger partial charge on any atom is 0.429 e. The third-order valence-corrected chi connectivity index (χ3v) is 28.2. The lowest BCUT2D eigenvalue weighted by Crippen LogP contribution is -2.50. The lowest BCUT2D eigenvalue weighted by molar-refractivity contribution is 0.0143. The first-order valence-electron chi connectivity index (χ1n) is 26.1. The predicted octanol–water partition coefficient (Wildman–Crippen LogP) is 13.3. The van der Waals surface area contributed by atoms with Crippen LogP contribution in [0.5, 0.6) is 11.8 Å². The van der Waals surface area contributed by atoms with E-state index in [0.29, 0.717) is 47.9 Å². The average Bonchev–Trinajstić information content (AvgIpc) is 3.72. The van der Waals surface area contributed by atoms with Gasteiger partial charge in [0.2, 0.25) is 0 Å². The Bertz CT molecular complexity index is 2620. The van der Waals surface area contributed by atoms with Crippen molar-refractivity contribution in [2.24, 2.45) is 0 Å². The zero-order chi connectivity index (χ0) is 52.1. The van der Waals surface area contributed by atoms with E-state index in [-0.39, 0.29) is 86.9 Å². The highest BCUT2D eigenvalue weighted by atomic mass is 28.4. The van der Waals surface area contributed by atoms with Gasteiger partial charge in [-0.2, -0.15) is 9.97 Å². The topological polar surface area (TPSA) is 113 Å². The number of benzene rings is 2. The van der Waals surface area contributed by atoms with E-state index in [1.54, 1.807) is 37.9 Å². The van der Waals surface area contributed by atoms with Gasteiger partial charge < -0.3 is 19.0 Å². The number of rotatable bonds is 13. The SMILES string of the molecule is CC(C)[Si](C#Cc1c(F)ccc2cc(O[Si](C(C)C)(C(C)C)C(C)C)cc(-c3ncc4c(N5CCCC(O)CN5C(=O)OC(C)(C)C)nc(OC[C@@]56CCCN5C[C@H](F)C6)nc4c3F)c12)(C(C)C)C(C)C. The van der Waals surface area contributed by atoms with Crippen molar-refractivity contribution in [1.29, 1.82) is 0 Å². The van der Waals surface area contributed by atoms with Crippen LogP contribution in [0.4, 0.5) is 23.8 Å². The van der Waals surface area contributed by atoms with Crippen molar-refractivity contribution in [2.45, 2.75) is 193 Å². The number of aromatic nitrogens is 3. The van der Waals surface area contributed by atoms with Gasteiger partial charge in [-0.05, 0) is 110 Å². The fraction of sp³-hybridized carbons (Fsp3) is 0.636. The highest BCUT2D eigenvalue weighted by molar-refractivity contribution is 6.90. The van der Waals surface area contributed by atoms with E-state index < -0.39 is 57.5 Å². The van der Waals surface area contributed by atoms with E-state index >= 15 is 13.2 Å². The van der Waals surface area contributed by atoms with E-state index in [1.807, 2.05) is 6.07 Å². The molecule has 3 fully saturated rings. The molecule has 388 valence electrons. The minimum absolute atomic E-state index is 0.0683. The smallest absolute Gasteiger partial charge is 0.429 e. The van der Waals surface area contributed by atoms with Gasteiger partial charge >= 0.3 is 12.1 Å². The number of hydrogen-bond acceptors (Lipinski definition) is 10. The van der Waals surface area contributed by atoms with Gasteiger partial charge in [0, 0.05) is 36.7 Å². The third-order valence-electron chi connectivity index (χ3n) is 15.9. The van der Waals surface area contributed by atoms with Crippen molar-refractivity contribution in [2.75, 3.05) is 37.8 Å². The molecule has 0 saturated carbocycles. The van der Waals surface area contributed by atoms with Gasteiger partial charge in [-0.15, -0.1) is 5.54 Å². The van der Waals surface area contributed by atoms with Crippen LogP contribution in [-0.4, -0.2) is 109 Å². The molecule has 71 heavy (non-hydrogen) atoms. The molecule has 3 aliphatic rings. The molecule has 3 aliphatic heterocycles. The van der Waals surface area contributed by atoms with Crippen LogP contribution >= 0.6 is 0 Å². The first-order valence-corrected chi connectivity index (χ1v) is 30.5. The van der Waals surface area contributed by atoms with Crippen molar-refractivity contribution >= 4 is 50.0 Å². The van der Waals surface area contributed by atoms with Crippen molar-refractivity contribution in [3.05, 3.63) is 47.7 Å². The fourth-order valence-corrected chi connectivity index (χ4v) is 23.2. The average molecular weight is 1020 g/mol. The number of aliphatic hydroxyl groups excluding tert-OH is 1. The van der Waals surface area contributed by atoms with Crippen LogP contribution in [0.25, 0.3) is 32.9 Å². The molecular weight excluding hydrogens is 938 g/mol. The molecule has 1 amide bonds. The number of nitrogens with zero attached hydrogens (tertiary/aromatic N) is 6. The molecule has 11 nitrogen and oxygen atoms in total. The highest BCUT2D eigenvalue weighted by Gasteiger charge is 2.50. The number of β-amino-alcohol motifs (C(OH)–C–C–N with tert-alkyl or cyclic N) is 1. The molecule has 3 saturated heterocycles. The largest absolute Gasteiger partial charge is 0.543 e. The van der Waals surface area contributed by atoms with Gasteiger partial charge in [-0.1, -0.05) is 95.1 Å². The lowest BCUT2D eigenvalue weighted by atomic mass is 9.95. The minimum atomic E-state index is -2.59. The van der Waals surface area contributed by atoms with Crippen LogP contribution < -0.4 is 14.2 Å². The summed E-state index contributed by atoms with van der Waals surface area (Å²) in [7, 11) is -4.98. The summed E-state index contributed by atoms with van der Waals surface area (Å²) in [5, 5.41) is 15.1. The number of halogens is 3. The fourth-order valence-electron chi connectivity index (χ4n) is 12.8. The summed E-state index contributed by atoms with van der Waals surface area (Å²) >= 11 is 0. The number of fused-ring (bicyclic) bond motifs is 3. The number of carbonyl (C=O) groups excluding carboxylic acids is 1. The molecule has 7 rings (SSSR count). The summed E-state index contributed by atoms with van der Waals surface area (Å²) in [6.45, 7) is 33.0. The number of hydrazine groups is 1. The van der Waals surface area contributed by atoms with E-state index in [9.17, 15) is 9.90 Å². The van der Waals surface area contributed by atoms with Gasteiger partial charge in [0.1, 0.15) is 49.2 Å². The summed E-state index contributed by atoms with van der Waals surface area (Å²) in [6.07, 6.45) is 1.64. The molecule has 0 spiro atoms. The molecule has 3 atom stereocenters. The van der Waals surface area contributed by atoms with Crippen LogP contribution in [0.1, 0.15) is 142 Å². The number of amides is 1. The lowest BCUT2D eigenvalue weighted by Gasteiger charge is -2.42. The summed E-state index contributed by atoms with van der Waals surface area (Å²) in [5.74, 6) is 2.71. The van der Waals surface area contributed by atoms with Crippen LogP contribution in [0.3, 0.4) is 0 Å². The number of ether oxygens (including phenoxy) is 2. The molecule has 0 bridgehead atoms. The van der Waals surface area contributed by atoms with Gasteiger partial charge in [0.25, 0.3) is 8.32 Å².